The van der Waals surface area contributed by atoms with Crippen LogP contribution in [0.15, 0.2) is 71.7 Å². The standard InChI is InChI=1S/C29H29ClN4O4/c1-33(2)17-25(35)34(3)22-11-9-21(10-12-22)31-28(19-6-4-5-18(15-19)7-14-26(36)37)27-23-13-8-20(30)16-24(23)32-29(27)38/h4-6,8-13,15-16,27H,7,14,17H2,1-3H3,(H,32,38)(H,36,37). The number of fused-ring (bicyclic) bond motifs is 1. The van der Waals surface area contributed by atoms with Gasteiger partial charge in [0.05, 0.1) is 17.9 Å². The fourth-order valence-corrected chi connectivity index (χ4v) is 4.52. The zero-order valence-corrected chi connectivity index (χ0v) is 22.2. The number of benzene rings is 3. The molecule has 0 spiro atoms. The van der Waals surface area contributed by atoms with Crippen molar-refractivity contribution in [1.29, 1.82) is 0 Å². The second kappa shape index (κ2) is 11.6. The fourth-order valence-electron chi connectivity index (χ4n) is 4.35. The fraction of sp³-hybridized carbons (Fsp3) is 0.241. The van der Waals surface area contributed by atoms with E-state index in [-0.39, 0.29) is 18.2 Å². The molecular weight excluding hydrogens is 504 g/mol. The van der Waals surface area contributed by atoms with Gasteiger partial charge < -0.3 is 20.2 Å². The Morgan fingerprint density at radius 1 is 1.03 bits per heavy atom. The molecular formula is C29H29ClN4O4. The van der Waals surface area contributed by atoms with Gasteiger partial charge in [0.15, 0.2) is 0 Å². The van der Waals surface area contributed by atoms with E-state index >= 15 is 0 Å². The van der Waals surface area contributed by atoms with Crippen LogP contribution in [0.1, 0.15) is 29.0 Å². The number of hydrogen-bond acceptors (Lipinski definition) is 5. The van der Waals surface area contributed by atoms with Gasteiger partial charge in [-0.05, 0) is 79.7 Å². The lowest BCUT2D eigenvalue weighted by Crippen LogP contribution is -2.34. The Hall–Kier alpha value is -4.01. The third-order valence-corrected chi connectivity index (χ3v) is 6.52. The molecule has 1 aliphatic rings. The number of carbonyl (C=O) groups is 3. The van der Waals surface area contributed by atoms with Gasteiger partial charge in [-0.3, -0.25) is 19.4 Å². The van der Waals surface area contributed by atoms with Crippen LogP contribution in [0.5, 0.6) is 0 Å². The van der Waals surface area contributed by atoms with Gasteiger partial charge in [0, 0.05) is 29.9 Å². The predicted molar refractivity (Wildman–Crippen MR) is 150 cm³/mol. The molecule has 4 rings (SSSR count). The second-order valence-corrected chi connectivity index (χ2v) is 9.89. The summed E-state index contributed by atoms with van der Waals surface area (Å²) in [6, 6.07) is 20.0. The van der Waals surface area contributed by atoms with Crippen LogP contribution in [0.4, 0.5) is 17.1 Å². The number of likely N-dealkylation sites (N-methyl/N-ethyl adjacent to an activating group) is 2. The topological polar surface area (TPSA) is 102 Å². The number of carbonyl (C=O) groups excluding carboxylic acids is 2. The monoisotopic (exact) mass is 532 g/mol. The van der Waals surface area contributed by atoms with Crippen molar-refractivity contribution in [2.24, 2.45) is 4.99 Å². The maximum Gasteiger partial charge on any atom is 0.303 e. The molecule has 0 saturated carbocycles. The second-order valence-electron chi connectivity index (χ2n) is 9.45. The number of hydrogen-bond donors (Lipinski definition) is 2. The minimum absolute atomic E-state index is 0.00268. The lowest BCUT2D eigenvalue weighted by molar-refractivity contribution is -0.137. The van der Waals surface area contributed by atoms with Gasteiger partial charge in [-0.25, -0.2) is 0 Å². The average molecular weight is 533 g/mol. The van der Waals surface area contributed by atoms with Crippen molar-refractivity contribution < 1.29 is 19.5 Å². The third kappa shape index (κ3) is 6.27. The molecule has 3 aromatic carbocycles. The van der Waals surface area contributed by atoms with E-state index in [1.165, 1.54) is 0 Å². The Morgan fingerprint density at radius 2 is 1.76 bits per heavy atom. The van der Waals surface area contributed by atoms with Crippen LogP contribution in [0, 0.1) is 0 Å². The highest BCUT2D eigenvalue weighted by Gasteiger charge is 2.35. The number of carboxylic acids is 1. The maximum absolute atomic E-state index is 13.2. The van der Waals surface area contributed by atoms with Gasteiger partial charge in [-0.2, -0.15) is 0 Å². The maximum atomic E-state index is 13.2. The largest absolute Gasteiger partial charge is 0.481 e. The number of halogens is 1. The van der Waals surface area contributed by atoms with E-state index < -0.39 is 11.9 Å². The third-order valence-electron chi connectivity index (χ3n) is 6.28. The van der Waals surface area contributed by atoms with Crippen LogP contribution >= 0.6 is 11.6 Å². The van der Waals surface area contributed by atoms with Gasteiger partial charge in [0.2, 0.25) is 11.8 Å². The van der Waals surface area contributed by atoms with Crippen LogP contribution in [0.25, 0.3) is 0 Å². The molecule has 1 atom stereocenters. The van der Waals surface area contributed by atoms with Crippen molar-refractivity contribution >= 4 is 52.2 Å². The molecule has 3 aromatic rings. The van der Waals surface area contributed by atoms with E-state index in [4.69, 9.17) is 21.7 Å². The highest BCUT2D eigenvalue weighted by Crippen LogP contribution is 2.38. The molecule has 0 fully saturated rings. The summed E-state index contributed by atoms with van der Waals surface area (Å²) in [7, 11) is 5.41. The molecule has 0 radical (unpaired) electrons. The molecule has 38 heavy (non-hydrogen) atoms. The number of carboxylic acid groups (broad SMARTS) is 1. The summed E-state index contributed by atoms with van der Waals surface area (Å²) in [5, 5.41) is 12.5. The molecule has 1 unspecified atom stereocenters. The molecule has 8 nitrogen and oxygen atoms in total. The number of amides is 2. The van der Waals surface area contributed by atoms with Gasteiger partial charge in [0.1, 0.15) is 5.92 Å². The Morgan fingerprint density at radius 3 is 2.45 bits per heavy atom. The number of nitrogens with zero attached hydrogens (tertiary/aromatic N) is 3. The first-order valence-corrected chi connectivity index (χ1v) is 12.5. The minimum Gasteiger partial charge on any atom is -0.481 e. The molecule has 0 bridgehead atoms. The number of anilines is 2. The van der Waals surface area contributed by atoms with Crippen molar-refractivity contribution in [3.05, 3.63) is 88.4 Å². The number of aliphatic imine (C=N–C) groups is 1. The van der Waals surface area contributed by atoms with Crippen molar-refractivity contribution in [1.82, 2.24) is 4.90 Å². The van der Waals surface area contributed by atoms with E-state index in [1.54, 1.807) is 36.2 Å². The summed E-state index contributed by atoms with van der Waals surface area (Å²) in [6.45, 7) is 0.291. The van der Waals surface area contributed by atoms with Crippen LogP contribution < -0.4 is 10.2 Å². The zero-order chi connectivity index (χ0) is 27.4. The first kappa shape index (κ1) is 27.0. The first-order valence-electron chi connectivity index (χ1n) is 12.1. The molecule has 1 aliphatic heterocycles. The molecule has 2 amide bonds. The number of nitrogens with one attached hydrogen (secondary N) is 1. The summed E-state index contributed by atoms with van der Waals surface area (Å²) in [5.74, 6) is -1.81. The van der Waals surface area contributed by atoms with Crippen LogP contribution in [0.3, 0.4) is 0 Å². The SMILES string of the molecule is CN(C)CC(=O)N(C)c1ccc(N=C(c2cccc(CCC(=O)O)c2)C2C(=O)Nc3cc(Cl)ccc32)cc1. The lowest BCUT2D eigenvalue weighted by Gasteiger charge is -2.20. The normalized spacial score (nSPS) is 14.8. The smallest absolute Gasteiger partial charge is 0.303 e. The molecule has 1 heterocycles. The lowest BCUT2D eigenvalue weighted by atomic mass is 9.89. The van der Waals surface area contributed by atoms with E-state index in [9.17, 15) is 14.4 Å². The highest BCUT2D eigenvalue weighted by molar-refractivity contribution is 6.31. The predicted octanol–water partition coefficient (Wildman–Crippen LogP) is 4.74. The average Bonchev–Trinajstić information content (AvgIpc) is 3.20. The van der Waals surface area contributed by atoms with Crippen molar-refractivity contribution in [3.8, 4) is 0 Å². The molecule has 0 saturated heterocycles. The summed E-state index contributed by atoms with van der Waals surface area (Å²) >= 11 is 6.16. The Balaban J connectivity index is 1.74. The Labute approximate surface area is 226 Å². The quantitative estimate of drug-likeness (QED) is 0.388. The van der Waals surface area contributed by atoms with Crippen LogP contribution in [0.2, 0.25) is 5.02 Å². The Kier molecular flexibility index (Phi) is 8.24. The molecule has 9 heteroatoms. The number of rotatable bonds is 9. The van der Waals surface area contributed by atoms with E-state index in [0.29, 0.717) is 35.1 Å². The summed E-state index contributed by atoms with van der Waals surface area (Å²) in [6.07, 6.45) is 0.365. The molecule has 2 N–H and O–H groups in total. The van der Waals surface area contributed by atoms with Crippen molar-refractivity contribution in [2.45, 2.75) is 18.8 Å². The summed E-state index contributed by atoms with van der Waals surface area (Å²) in [5.41, 5.74) is 4.83. The molecule has 0 aliphatic carbocycles. The Bertz CT molecular complexity index is 1400. The van der Waals surface area contributed by atoms with Crippen molar-refractivity contribution in [3.63, 3.8) is 0 Å². The number of aryl methyl sites for hydroxylation is 1. The van der Waals surface area contributed by atoms with Gasteiger partial charge in [-0.15, -0.1) is 0 Å². The zero-order valence-electron chi connectivity index (χ0n) is 21.4. The van der Waals surface area contributed by atoms with Gasteiger partial charge in [-0.1, -0.05) is 35.9 Å². The summed E-state index contributed by atoms with van der Waals surface area (Å²) < 4.78 is 0. The van der Waals surface area contributed by atoms with Gasteiger partial charge >= 0.3 is 5.97 Å². The van der Waals surface area contributed by atoms with Crippen LogP contribution in [-0.2, 0) is 20.8 Å². The molecule has 196 valence electrons. The van der Waals surface area contributed by atoms with E-state index in [1.807, 2.05) is 61.5 Å². The highest BCUT2D eigenvalue weighted by atomic mass is 35.5. The van der Waals surface area contributed by atoms with Crippen LogP contribution in [-0.4, -0.2) is 61.2 Å². The summed E-state index contributed by atoms with van der Waals surface area (Å²) in [4.78, 5) is 45.1. The number of aliphatic carboxylic acids is 1. The van der Waals surface area contributed by atoms with E-state index in [0.717, 1.165) is 22.4 Å². The minimum atomic E-state index is -0.876. The van der Waals surface area contributed by atoms with Gasteiger partial charge in [0.25, 0.3) is 0 Å². The first-order chi connectivity index (χ1) is 18.1. The van der Waals surface area contributed by atoms with Crippen molar-refractivity contribution in [2.75, 3.05) is 37.9 Å². The molecule has 0 aromatic heterocycles. The van der Waals surface area contributed by atoms with E-state index in [2.05, 4.69) is 5.32 Å².